The van der Waals surface area contributed by atoms with Gasteiger partial charge in [0.05, 0.1) is 18.1 Å². The Balaban J connectivity index is 1.74. The third-order valence-electron chi connectivity index (χ3n) is 4.27. The van der Waals surface area contributed by atoms with Gasteiger partial charge in [0.25, 0.3) is 11.1 Å². The SMILES string of the molecule is CCOC(=O)CN1C(=O)SC(=Cc2ccc(OCc3ccc(C(=O)O)o3)c(OCC)c2)C1=O. The predicted molar refractivity (Wildman–Crippen MR) is 117 cm³/mol. The molecule has 2 amide bonds. The van der Waals surface area contributed by atoms with Crippen LogP contribution in [0, 0.1) is 0 Å². The van der Waals surface area contributed by atoms with Crippen molar-refractivity contribution in [2.45, 2.75) is 20.5 Å². The van der Waals surface area contributed by atoms with Gasteiger partial charge in [-0.3, -0.25) is 19.3 Å². The van der Waals surface area contributed by atoms with Gasteiger partial charge in [-0.05, 0) is 61.5 Å². The molecule has 1 saturated heterocycles. The fourth-order valence-electron chi connectivity index (χ4n) is 2.84. The number of thioether (sulfide) groups is 1. The normalized spacial score (nSPS) is 14.6. The summed E-state index contributed by atoms with van der Waals surface area (Å²) < 4.78 is 21.3. The maximum absolute atomic E-state index is 12.5. The molecule has 1 aromatic carbocycles. The molecule has 1 aromatic heterocycles. The number of rotatable bonds is 10. The van der Waals surface area contributed by atoms with Crippen LogP contribution in [-0.2, 0) is 20.9 Å². The molecule has 1 N–H and O–H groups in total. The Bertz CT molecular complexity index is 1110. The van der Waals surface area contributed by atoms with Gasteiger partial charge in [-0.15, -0.1) is 0 Å². The van der Waals surface area contributed by atoms with Gasteiger partial charge in [-0.1, -0.05) is 6.07 Å². The number of carbonyl (C=O) groups excluding carboxylic acids is 3. The van der Waals surface area contributed by atoms with Crippen LogP contribution >= 0.6 is 11.8 Å². The molecule has 0 saturated carbocycles. The molecule has 0 unspecified atom stereocenters. The lowest BCUT2D eigenvalue weighted by molar-refractivity contribution is -0.145. The lowest BCUT2D eigenvalue weighted by atomic mass is 10.2. The van der Waals surface area contributed by atoms with Gasteiger partial charge >= 0.3 is 11.9 Å². The second-order valence-electron chi connectivity index (χ2n) is 6.57. The standard InChI is InChI=1S/C22H21NO9S/c1-3-29-17-9-13(5-7-15(17)31-12-14-6-8-16(32-14)21(26)27)10-18-20(25)23(22(28)33-18)11-19(24)30-4-2/h5-10H,3-4,11-12H2,1-2H3,(H,26,27). The van der Waals surface area contributed by atoms with Crippen LogP contribution in [0.2, 0.25) is 0 Å². The molecule has 3 rings (SSSR count). The Hall–Kier alpha value is -3.73. The number of hydrogen-bond donors (Lipinski definition) is 1. The first-order valence-corrected chi connectivity index (χ1v) is 10.8. The summed E-state index contributed by atoms with van der Waals surface area (Å²) in [5.41, 5.74) is 0.582. The van der Waals surface area contributed by atoms with E-state index in [4.69, 9.17) is 23.7 Å². The summed E-state index contributed by atoms with van der Waals surface area (Å²) >= 11 is 0.731. The Kier molecular flexibility index (Phi) is 7.78. The second-order valence-corrected chi connectivity index (χ2v) is 7.57. The largest absolute Gasteiger partial charge is 0.490 e. The number of esters is 1. The van der Waals surface area contributed by atoms with Crippen LogP contribution in [0.15, 0.2) is 39.7 Å². The van der Waals surface area contributed by atoms with E-state index >= 15 is 0 Å². The number of carboxylic acids is 1. The maximum Gasteiger partial charge on any atom is 0.371 e. The number of carbonyl (C=O) groups is 4. The van der Waals surface area contributed by atoms with Crippen molar-refractivity contribution in [2.24, 2.45) is 0 Å². The van der Waals surface area contributed by atoms with Gasteiger partial charge in [-0.25, -0.2) is 4.79 Å². The van der Waals surface area contributed by atoms with E-state index in [0.717, 1.165) is 16.7 Å². The molecular weight excluding hydrogens is 454 g/mol. The summed E-state index contributed by atoms with van der Waals surface area (Å²) in [5, 5.41) is 8.38. The first-order chi connectivity index (χ1) is 15.8. The fourth-order valence-corrected chi connectivity index (χ4v) is 3.68. The number of aromatic carboxylic acids is 1. The van der Waals surface area contributed by atoms with Crippen LogP contribution in [0.3, 0.4) is 0 Å². The molecule has 0 aliphatic carbocycles. The van der Waals surface area contributed by atoms with E-state index in [1.165, 1.54) is 18.2 Å². The van der Waals surface area contributed by atoms with E-state index in [2.05, 4.69) is 0 Å². The number of furan rings is 1. The van der Waals surface area contributed by atoms with Crippen molar-refractivity contribution in [3.8, 4) is 11.5 Å². The minimum Gasteiger partial charge on any atom is -0.490 e. The number of imide groups is 1. The Labute approximate surface area is 193 Å². The van der Waals surface area contributed by atoms with Crippen molar-refractivity contribution in [1.82, 2.24) is 4.90 Å². The van der Waals surface area contributed by atoms with Crippen LogP contribution in [0.4, 0.5) is 4.79 Å². The lowest BCUT2D eigenvalue weighted by Gasteiger charge is -2.12. The summed E-state index contributed by atoms with van der Waals surface area (Å²) in [4.78, 5) is 48.3. The Morgan fingerprint density at radius 3 is 2.55 bits per heavy atom. The highest BCUT2D eigenvalue weighted by Gasteiger charge is 2.36. The van der Waals surface area contributed by atoms with Crippen molar-refractivity contribution >= 4 is 40.9 Å². The molecule has 1 aliphatic heterocycles. The monoisotopic (exact) mass is 475 g/mol. The van der Waals surface area contributed by atoms with Crippen molar-refractivity contribution in [2.75, 3.05) is 19.8 Å². The zero-order valence-electron chi connectivity index (χ0n) is 17.9. The molecule has 2 aromatic rings. The molecule has 2 heterocycles. The molecule has 11 heteroatoms. The van der Waals surface area contributed by atoms with Crippen molar-refractivity contribution in [3.63, 3.8) is 0 Å². The molecule has 0 radical (unpaired) electrons. The predicted octanol–water partition coefficient (Wildman–Crippen LogP) is 3.55. The van der Waals surface area contributed by atoms with Gasteiger partial charge in [0.1, 0.15) is 18.9 Å². The zero-order valence-corrected chi connectivity index (χ0v) is 18.7. The minimum atomic E-state index is -1.17. The number of carboxylic acid groups (broad SMARTS) is 1. The lowest BCUT2D eigenvalue weighted by Crippen LogP contribution is -2.34. The van der Waals surface area contributed by atoms with Gasteiger partial charge in [0, 0.05) is 0 Å². The third-order valence-corrected chi connectivity index (χ3v) is 5.18. The van der Waals surface area contributed by atoms with Gasteiger partial charge < -0.3 is 23.7 Å². The number of ether oxygens (including phenoxy) is 3. The quantitative estimate of drug-likeness (QED) is 0.402. The van der Waals surface area contributed by atoms with Crippen LogP contribution in [0.25, 0.3) is 6.08 Å². The highest BCUT2D eigenvalue weighted by Crippen LogP contribution is 2.35. The summed E-state index contributed by atoms with van der Waals surface area (Å²) in [5.74, 6) is -1.50. The van der Waals surface area contributed by atoms with Gasteiger partial charge in [0.15, 0.2) is 11.5 Å². The third kappa shape index (κ3) is 5.95. The minimum absolute atomic E-state index is 0.0144. The van der Waals surface area contributed by atoms with Crippen molar-refractivity contribution in [1.29, 1.82) is 0 Å². The van der Waals surface area contributed by atoms with E-state index in [1.54, 1.807) is 32.0 Å². The second kappa shape index (κ2) is 10.7. The maximum atomic E-state index is 12.5. The molecule has 174 valence electrons. The van der Waals surface area contributed by atoms with Crippen LogP contribution in [0.5, 0.6) is 11.5 Å². The molecule has 0 bridgehead atoms. The molecule has 0 atom stereocenters. The van der Waals surface area contributed by atoms with Gasteiger partial charge in [-0.2, -0.15) is 0 Å². The van der Waals surface area contributed by atoms with Gasteiger partial charge in [0.2, 0.25) is 5.76 Å². The Morgan fingerprint density at radius 2 is 1.88 bits per heavy atom. The fraction of sp³-hybridized carbons (Fsp3) is 0.273. The molecule has 10 nitrogen and oxygen atoms in total. The zero-order chi connectivity index (χ0) is 24.0. The first kappa shape index (κ1) is 23.9. The molecule has 1 fully saturated rings. The van der Waals surface area contributed by atoms with E-state index in [-0.39, 0.29) is 23.9 Å². The summed E-state index contributed by atoms with van der Waals surface area (Å²) in [6.45, 7) is 3.47. The number of benzene rings is 1. The van der Waals surface area contributed by atoms with E-state index in [0.29, 0.717) is 29.4 Å². The topological polar surface area (TPSA) is 133 Å². The highest BCUT2D eigenvalue weighted by atomic mass is 32.2. The average Bonchev–Trinajstić information content (AvgIpc) is 3.34. The molecule has 33 heavy (non-hydrogen) atoms. The number of hydrogen-bond acceptors (Lipinski definition) is 9. The van der Waals surface area contributed by atoms with E-state index < -0.39 is 29.6 Å². The number of amides is 2. The molecule has 0 spiro atoms. The first-order valence-electron chi connectivity index (χ1n) is 9.95. The van der Waals surface area contributed by atoms with E-state index in [9.17, 15) is 19.2 Å². The molecular formula is C22H21NO9S. The van der Waals surface area contributed by atoms with Crippen LogP contribution < -0.4 is 9.47 Å². The summed E-state index contributed by atoms with van der Waals surface area (Å²) in [6, 6.07) is 7.78. The highest BCUT2D eigenvalue weighted by molar-refractivity contribution is 8.18. The molecule has 1 aliphatic rings. The van der Waals surface area contributed by atoms with Crippen LogP contribution in [0.1, 0.15) is 35.7 Å². The number of nitrogens with zero attached hydrogens (tertiary/aromatic N) is 1. The average molecular weight is 475 g/mol. The van der Waals surface area contributed by atoms with Crippen molar-refractivity contribution in [3.05, 3.63) is 52.3 Å². The smallest absolute Gasteiger partial charge is 0.371 e. The van der Waals surface area contributed by atoms with Crippen LogP contribution in [-0.4, -0.2) is 52.8 Å². The van der Waals surface area contributed by atoms with Crippen molar-refractivity contribution < 1.29 is 42.9 Å². The summed E-state index contributed by atoms with van der Waals surface area (Å²) in [7, 11) is 0. The summed E-state index contributed by atoms with van der Waals surface area (Å²) in [6.07, 6.45) is 1.52. The van der Waals surface area contributed by atoms with E-state index in [1.807, 2.05) is 0 Å². The Morgan fingerprint density at radius 1 is 1.09 bits per heavy atom.